The van der Waals surface area contributed by atoms with E-state index in [0.717, 1.165) is 6.42 Å². The molecule has 0 spiro atoms. The molecule has 0 amide bonds. The van der Waals surface area contributed by atoms with Gasteiger partial charge in [0.05, 0.1) is 11.2 Å². The fourth-order valence-corrected chi connectivity index (χ4v) is 4.58. The third-order valence-corrected chi connectivity index (χ3v) is 5.99. The summed E-state index contributed by atoms with van der Waals surface area (Å²) in [6.07, 6.45) is 4.21. The lowest BCUT2D eigenvalue weighted by Gasteiger charge is -2.17. The van der Waals surface area contributed by atoms with E-state index in [9.17, 15) is 8.42 Å². The summed E-state index contributed by atoms with van der Waals surface area (Å²) in [5.74, 6) is 0.240. The Hall–Kier alpha value is -1.44. The second-order valence-corrected chi connectivity index (χ2v) is 7.39. The first-order chi connectivity index (χ1) is 10.1. The predicted octanol–water partition coefficient (Wildman–Crippen LogP) is 1.64. The van der Waals surface area contributed by atoms with Crippen molar-refractivity contribution in [3.05, 3.63) is 41.7 Å². The summed E-state index contributed by atoms with van der Waals surface area (Å²) in [7, 11) is -3.53. The quantitative estimate of drug-likeness (QED) is 0.856. The molecule has 0 N–H and O–H groups in total. The van der Waals surface area contributed by atoms with Gasteiger partial charge in [-0.1, -0.05) is 28.9 Å². The van der Waals surface area contributed by atoms with Gasteiger partial charge < -0.3 is 0 Å². The van der Waals surface area contributed by atoms with E-state index in [1.54, 1.807) is 41.3 Å². The third kappa shape index (κ3) is 2.95. The van der Waals surface area contributed by atoms with E-state index >= 15 is 0 Å². The Bertz CT molecular complexity index is 718. The van der Waals surface area contributed by atoms with Gasteiger partial charge in [-0.15, -0.1) is 5.10 Å². The number of benzene rings is 1. The van der Waals surface area contributed by atoms with Crippen LogP contribution < -0.4 is 0 Å². The van der Waals surface area contributed by atoms with E-state index < -0.39 is 10.0 Å². The van der Waals surface area contributed by atoms with Gasteiger partial charge in [-0.25, -0.2) is 8.42 Å². The van der Waals surface area contributed by atoms with Crippen molar-refractivity contribution >= 4 is 21.6 Å². The van der Waals surface area contributed by atoms with Crippen LogP contribution >= 0.6 is 11.6 Å². The molecule has 1 atom stereocenters. The highest BCUT2D eigenvalue weighted by molar-refractivity contribution is 7.89. The molecule has 0 aliphatic carbocycles. The van der Waals surface area contributed by atoms with E-state index in [2.05, 4.69) is 10.3 Å². The van der Waals surface area contributed by atoms with Crippen LogP contribution in [0.25, 0.3) is 0 Å². The van der Waals surface area contributed by atoms with E-state index in [1.807, 2.05) is 0 Å². The smallest absolute Gasteiger partial charge is 0.244 e. The van der Waals surface area contributed by atoms with Crippen LogP contribution in [0, 0.1) is 5.92 Å². The zero-order valence-corrected chi connectivity index (χ0v) is 12.8. The molecule has 21 heavy (non-hydrogen) atoms. The summed E-state index contributed by atoms with van der Waals surface area (Å²) < 4.78 is 28.4. The van der Waals surface area contributed by atoms with Gasteiger partial charge in [0.2, 0.25) is 10.0 Å². The van der Waals surface area contributed by atoms with Crippen LogP contribution in [0.2, 0.25) is 5.02 Å². The summed E-state index contributed by atoms with van der Waals surface area (Å²) in [6, 6.07) is 6.54. The molecule has 1 unspecified atom stereocenters. The van der Waals surface area contributed by atoms with E-state index in [1.165, 1.54) is 4.31 Å². The molecule has 2 aromatic rings. The van der Waals surface area contributed by atoms with Gasteiger partial charge in [0.15, 0.2) is 0 Å². The molecule has 0 radical (unpaired) electrons. The summed E-state index contributed by atoms with van der Waals surface area (Å²) in [5, 5.41) is 7.93. The molecule has 0 bridgehead atoms. The van der Waals surface area contributed by atoms with Gasteiger partial charge in [0, 0.05) is 25.8 Å². The van der Waals surface area contributed by atoms with E-state index in [4.69, 9.17) is 11.6 Å². The average molecular weight is 327 g/mol. The fourth-order valence-electron chi connectivity index (χ4n) is 2.55. The maximum Gasteiger partial charge on any atom is 0.244 e. The summed E-state index contributed by atoms with van der Waals surface area (Å²) >= 11 is 6.01. The summed E-state index contributed by atoms with van der Waals surface area (Å²) in [4.78, 5) is 0.174. The first-order valence-electron chi connectivity index (χ1n) is 6.66. The van der Waals surface area contributed by atoms with E-state index in [-0.39, 0.29) is 15.8 Å². The number of hydrogen-bond acceptors (Lipinski definition) is 4. The highest BCUT2D eigenvalue weighted by atomic mass is 35.5. The number of hydrogen-bond donors (Lipinski definition) is 0. The second-order valence-electron chi connectivity index (χ2n) is 5.07. The predicted molar refractivity (Wildman–Crippen MR) is 78.3 cm³/mol. The van der Waals surface area contributed by atoms with Crippen LogP contribution in [-0.2, 0) is 16.6 Å². The van der Waals surface area contributed by atoms with Crippen LogP contribution in [0.5, 0.6) is 0 Å². The number of sulfonamides is 1. The largest absolute Gasteiger partial charge is 0.252 e. The van der Waals surface area contributed by atoms with Crippen molar-refractivity contribution in [3.8, 4) is 0 Å². The Balaban J connectivity index is 1.75. The highest BCUT2D eigenvalue weighted by Crippen LogP contribution is 2.29. The summed E-state index contributed by atoms with van der Waals surface area (Å²) in [5.41, 5.74) is 0. The first kappa shape index (κ1) is 14.5. The highest BCUT2D eigenvalue weighted by Gasteiger charge is 2.33. The minimum absolute atomic E-state index is 0.174. The lowest BCUT2D eigenvalue weighted by molar-refractivity contribution is 0.408. The van der Waals surface area contributed by atoms with E-state index in [0.29, 0.717) is 19.6 Å². The maximum absolute atomic E-state index is 12.6. The van der Waals surface area contributed by atoms with Crippen LogP contribution in [0.4, 0.5) is 0 Å². The lowest BCUT2D eigenvalue weighted by atomic mass is 10.1. The topological polar surface area (TPSA) is 68.1 Å². The Kier molecular flexibility index (Phi) is 3.97. The molecule has 1 saturated heterocycles. The molecular formula is C13H15ClN4O2S. The number of nitrogens with zero attached hydrogens (tertiary/aromatic N) is 4. The molecule has 6 nitrogen and oxygen atoms in total. The molecule has 1 fully saturated rings. The molecule has 1 aliphatic rings. The van der Waals surface area contributed by atoms with Crippen molar-refractivity contribution in [2.45, 2.75) is 17.9 Å². The minimum atomic E-state index is -3.53. The summed E-state index contributed by atoms with van der Waals surface area (Å²) in [6.45, 7) is 1.66. The van der Waals surface area contributed by atoms with Crippen molar-refractivity contribution in [3.63, 3.8) is 0 Å². The number of aromatic nitrogens is 3. The second kappa shape index (κ2) is 5.75. The fraction of sp³-hybridized carbons (Fsp3) is 0.385. The normalized spacial score (nSPS) is 20.0. The van der Waals surface area contributed by atoms with Crippen molar-refractivity contribution in [1.82, 2.24) is 19.3 Å². The molecule has 3 rings (SSSR count). The van der Waals surface area contributed by atoms with Crippen LogP contribution in [0.15, 0.2) is 41.6 Å². The first-order valence-corrected chi connectivity index (χ1v) is 8.48. The van der Waals surface area contributed by atoms with Crippen molar-refractivity contribution in [2.24, 2.45) is 5.92 Å². The zero-order chi connectivity index (χ0) is 14.9. The van der Waals surface area contributed by atoms with Crippen molar-refractivity contribution in [2.75, 3.05) is 13.1 Å². The molecular weight excluding hydrogens is 312 g/mol. The van der Waals surface area contributed by atoms with Crippen LogP contribution in [0.3, 0.4) is 0 Å². The molecule has 1 aromatic heterocycles. The minimum Gasteiger partial charge on any atom is -0.252 e. The van der Waals surface area contributed by atoms with Gasteiger partial charge in [-0.2, -0.15) is 4.31 Å². The SMILES string of the molecule is O=S(=O)(c1ccccc1Cl)N1CCC(Cn2ccnn2)C1. The molecule has 1 aliphatic heterocycles. The Morgan fingerprint density at radius 3 is 2.86 bits per heavy atom. The van der Waals surface area contributed by atoms with Crippen LogP contribution in [-0.4, -0.2) is 40.8 Å². The molecule has 8 heteroatoms. The number of halogens is 1. The number of rotatable bonds is 4. The molecule has 2 heterocycles. The molecule has 112 valence electrons. The van der Waals surface area contributed by atoms with Gasteiger partial charge in [0.25, 0.3) is 0 Å². The monoisotopic (exact) mass is 326 g/mol. The Labute approximate surface area is 128 Å². The lowest BCUT2D eigenvalue weighted by Crippen LogP contribution is -2.29. The average Bonchev–Trinajstić information content (AvgIpc) is 3.11. The van der Waals surface area contributed by atoms with Gasteiger partial charge in [-0.05, 0) is 24.5 Å². The van der Waals surface area contributed by atoms with Gasteiger partial charge in [0.1, 0.15) is 4.90 Å². The Morgan fingerprint density at radius 1 is 1.33 bits per heavy atom. The van der Waals surface area contributed by atoms with Gasteiger partial charge in [-0.3, -0.25) is 4.68 Å². The molecule has 1 aromatic carbocycles. The van der Waals surface area contributed by atoms with Crippen LogP contribution in [0.1, 0.15) is 6.42 Å². The van der Waals surface area contributed by atoms with Gasteiger partial charge >= 0.3 is 0 Å². The van der Waals surface area contributed by atoms with Crippen molar-refractivity contribution < 1.29 is 8.42 Å². The maximum atomic E-state index is 12.6. The zero-order valence-electron chi connectivity index (χ0n) is 11.3. The third-order valence-electron chi connectivity index (χ3n) is 3.62. The van der Waals surface area contributed by atoms with Crippen molar-refractivity contribution in [1.29, 1.82) is 0 Å². The Morgan fingerprint density at radius 2 is 2.14 bits per heavy atom. The molecule has 0 saturated carbocycles. The standard InChI is InChI=1S/C13H15ClN4O2S/c14-12-3-1-2-4-13(12)21(19,20)18-7-5-11(10-18)9-17-8-6-15-16-17/h1-4,6,8,11H,5,7,9-10H2.